The van der Waals surface area contributed by atoms with Gasteiger partial charge in [0.1, 0.15) is 18.0 Å². The molecule has 0 bridgehead atoms. The molecule has 7 nitrogen and oxygen atoms in total. The molecule has 0 aliphatic heterocycles. The summed E-state index contributed by atoms with van der Waals surface area (Å²) in [5, 5.41) is 25.1. The van der Waals surface area contributed by atoms with Gasteiger partial charge in [-0.25, -0.2) is 4.39 Å². The summed E-state index contributed by atoms with van der Waals surface area (Å²) in [4.78, 5) is 16.2. The average Bonchev–Trinajstić information content (AvgIpc) is 3.09. The van der Waals surface area contributed by atoms with E-state index in [-0.39, 0.29) is 17.5 Å². The molecule has 8 heteroatoms. The van der Waals surface area contributed by atoms with Crippen molar-refractivity contribution in [1.82, 2.24) is 15.5 Å². The smallest absolute Gasteiger partial charge is 0.251 e. The molecule has 0 fully saturated rings. The fraction of sp³-hybridized carbons (Fsp3) is 0.235. The van der Waals surface area contributed by atoms with Crippen LogP contribution in [0.3, 0.4) is 0 Å². The lowest BCUT2D eigenvalue weighted by atomic mass is 9.97. The van der Waals surface area contributed by atoms with Crippen LogP contribution >= 0.6 is 0 Å². The standard InChI is InChI=1S/C17H16FN3O4/c18-13-8-11(23)6-7-12(13)15-20-17(25-21-15)14(9-22)19-16(24)10-4-2-1-3-5-10/h1-8,12-14,22-23H,9H2,(H,19,24)/t12?,13?,14-/m0/s1. The van der Waals surface area contributed by atoms with Gasteiger partial charge < -0.3 is 20.1 Å². The van der Waals surface area contributed by atoms with E-state index in [1.165, 1.54) is 12.2 Å². The van der Waals surface area contributed by atoms with Gasteiger partial charge in [0.2, 0.25) is 0 Å². The number of allylic oxidation sites excluding steroid dienone is 3. The summed E-state index contributed by atoms with van der Waals surface area (Å²) >= 11 is 0. The van der Waals surface area contributed by atoms with E-state index in [9.17, 15) is 19.4 Å². The topological polar surface area (TPSA) is 108 Å². The minimum Gasteiger partial charge on any atom is -0.508 e. The lowest BCUT2D eigenvalue weighted by Gasteiger charge is -2.14. The van der Waals surface area contributed by atoms with Crippen LogP contribution in [-0.4, -0.2) is 39.0 Å². The maximum atomic E-state index is 14.0. The molecule has 1 aromatic carbocycles. The van der Waals surface area contributed by atoms with Gasteiger partial charge in [0.15, 0.2) is 5.82 Å². The number of alkyl halides is 1. The second-order valence-electron chi connectivity index (χ2n) is 5.49. The van der Waals surface area contributed by atoms with E-state index in [1.807, 2.05) is 0 Å². The Morgan fingerprint density at radius 3 is 2.80 bits per heavy atom. The Balaban J connectivity index is 1.74. The van der Waals surface area contributed by atoms with E-state index in [4.69, 9.17) is 4.52 Å². The quantitative estimate of drug-likeness (QED) is 0.764. The van der Waals surface area contributed by atoms with E-state index in [1.54, 1.807) is 30.3 Å². The number of aliphatic hydroxyl groups is 2. The summed E-state index contributed by atoms with van der Waals surface area (Å²) < 4.78 is 19.0. The summed E-state index contributed by atoms with van der Waals surface area (Å²) in [6.45, 7) is -0.458. The van der Waals surface area contributed by atoms with E-state index in [2.05, 4.69) is 15.5 Å². The van der Waals surface area contributed by atoms with E-state index in [0.717, 1.165) is 6.08 Å². The zero-order valence-corrected chi connectivity index (χ0v) is 13.0. The monoisotopic (exact) mass is 345 g/mol. The SMILES string of the molecule is O=C(N[C@@H](CO)c1nc(C2C=CC(O)=CC2F)no1)c1ccccc1. The van der Waals surface area contributed by atoms with Gasteiger partial charge in [-0.2, -0.15) is 4.98 Å². The van der Waals surface area contributed by atoms with Gasteiger partial charge in [0.25, 0.3) is 11.8 Å². The fourth-order valence-corrected chi connectivity index (χ4v) is 2.40. The van der Waals surface area contributed by atoms with Crippen LogP contribution in [0.15, 0.2) is 58.8 Å². The van der Waals surface area contributed by atoms with Crippen LogP contribution in [0.2, 0.25) is 0 Å². The summed E-state index contributed by atoms with van der Waals surface area (Å²) in [5.74, 6) is -1.35. The highest BCUT2D eigenvalue weighted by Crippen LogP contribution is 2.27. The number of nitrogens with zero attached hydrogens (tertiary/aromatic N) is 2. The maximum absolute atomic E-state index is 14.0. The van der Waals surface area contributed by atoms with Crippen LogP contribution in [0.25, 0.3) is 0 Å². The normalized spacial score (nSPS) is 20.8. The summed E-state index contributed by atoms with van der Waals surface area (Å²) in [6, 6.07) is 7.55. The largest absolute Gasteiger partial charge is 0.508 e. The van der Waals surface area contributed by atoms with Crippen molar-refractivity contribution in [2.45, 2.75) is 18.1 Å². The molecule has 3 atom stereocenters. The molecule has 1 heterocycles. The van der Waals surface area contributed by atoms with Crippen molar-refractivity contribution in [2.24, 2.45) is 0 Å². The van der Waals surface area contributed by atoms with Crippen molar-refractivity contribution in [3.63, 3.8) is 0 Å². The third-order valence-corrected chi connectivity index (χ3v) is 3.72. The number of carbonyl (C=O) groups is 1. The van der Waals surface area contributed by atoms with Gasteiger partial charge in [-0.1, -0.05) is 29.4 Å². The van der Waals surface area contributed by atoms with Gasteiger partial charge in [-0.3, -0.25) is 4.79 Å². The van der Waals surface area contributed by atoms with Crippen molar-refractivity contribution < 1.29 is 23.9 Å². The van der Waals surface area contributed by atoms with Crippen molar-refractivity contribution >= 4 is 5.91 Å². The summed E-state index contributed by atoms with van der Waals surface area (Å²) in [5.41, 5.74) is 0.417. The molecule has 0 saturated carbocycles. The summed E-state index contributed by atoms with van der Waals surface area (Å²) in [6.07, 6.45) is 2.31. The molecule has 1 amide bonds. The van der Waals surface area contributed by atoms with Crippen LogP contribution in [-0.2, 0) is 0 Å². The molecule has 130 valence electrons. The zero-order chi connectivity index (χ0) is 17.8. The molecule has 25 heavy (non-hydrogen) atoms. The zero-order valence-electron chi connectivity index (χ0n) is 13.0. The molecule has 3 rings (SSSR count). The number of amides is 1. The first-order valence-electron chi connectivity index (χ1n) is 7.62. The molecule has 1 aliphatic rings. The van der Waals surface area contributed by atoms with Crippen LogP contribution < -0.4 is 5.32 Å². The van der Waals surface area contributed by atoms with E-state index in [0.29, 0.717) is 5.56 Å². The first-order valence-corrected chi connectivity index (χ1v) is 7.62. The Morgan fingerprint density at radius 1 is 1.36 bits per heavy atom. The second-order valence-corrected chi connectivity index (χ2v) is 5.49. The van der Waals surface area contributed by atoms with E-state index >= 15 is 0 Å². The Labute approximate surface area is 142 Å². The molecule has 0 radical (unpaired) electrons. The van der Waals surface area contributed by atoms with Crippen molar-refractivity contribution in [2.75, 3.05) is 6.61 Å². The number of carbonyl (C=O) groups excluding carboxylic acids is 1. The van der Waals surface area contributed by atoms with Crippen molar-refractivity contribution in [3.05, 3.63) is 71.6 Å². The van der Waals surface area contributed by atoms with Crippen LogP contribution in [0.4, 0.5) is 4.39 Å². The molecule has 1 aliphatic carbocycles. The molecule has 1 aromatic heterocycles. The molecule has 0 saturated heterocycles. The number of rotatable bonds is 5. The number of aromatic nitrogens is 2. The Morgan fingerprint density at radius 2 is 2.12 bits per heavy atom. The molecule has 3 N–H and O–H groups in total. The van der Waals surface area contributed by atoms with Crippen LogP contribution in [0.1, 0.15) is 34.0 Å². The minimum absolute atomic E-state index is 0.0267. The second kappa shape index (κ2) is 7.27. The highest BCUT2D eigenvalue weighted by Gasteiger charge is 2.29. The number of aliphatic hydroxyl groups excluding tert-OH is 2. The van der Waals surface area contributed by atoms with Crippen LogP contribution in [0, 0.1) is 0 Å². The van der Waals surface area contributed by atoms with Gasteiger partial charge in [-0.15, -0.1) is 0 Å². The Bertz CT molecular complexity index is 803. The third-order valence-electron chi connectivity index (χ3n) is 3.72. The van der Waals surface area contributed by atoms with Gasteiger partial charge in [-0.05, 0) is 24.3 Å². The van der Waals surface area contributed by atoms with Crippen LogP contribution in [0.5, 0.6) is 0 Å². The molecular weight excluding hydrogens is 329 g/mol. The van der Waals surface area contributed by atoms with Crippen molar-refractivity contribution in [3.8, 4) is 0 Å². The number of halogens is 1. The number of hydrogen-bond donors (Lipinski definition) is 3. The number of nitrogens with one attached hydrogen (secondary N) is 1. The lowest BCUT2D eigenvalue weighted by molar-refractivity contribution is 0.0901. The summed E-state index contributed by atoms with van der Waals surface area (Å²) in [7, 11) is 0. The first-order chi connectivity index (χ1) is 12.1. The highest BCUT2D eigenvalue weighted by molar-refractivity contribution is 5.94. The molecule has 2 unspecified atom stereocenters. The Kier molecular flexibility index (Phi) is 4.90. The average molecular weight is 345 g/mol. The molecule has 0 spiro atoms. The number of benzene rings is 1. The first kappa shape index (κ1) is 16.8. The molecular formula is C17H16FN3O4. The predicted molar refractivity (Wildman–Crippen MR) is 85.5 cm³/mol. The lowest BCUT2D eigenvalue weighted by Crippen LogP contribution is -2.31. The maximum Gasteiger partial charge on any atom is 0.251 e. The van der Waals surface area contributed by atoms with Crippen molar-refractivity contribution in [1.29, 1.82) is 0 Å². The highest BCUT2D eigenvalue weighted by atomic mass is 19.1. The predicted octanol–water partition coefficient (Wildman–Crippen LogP) is 1.97. The minimum atomic E-state index is -1.50. The number of hydrogen-bond acceptors (Lipinski definition) is 6. The fourth-order valence-electron chi connectivity index (χ4n) is 2.40. The van der Waals surface area contributed by atoms with Gasteiger partial charge >= 0.3 is 0 Å². The van der Waals surface area contributed by atoms with E-state index < -0.39 is 30.6 Å². The third kappa shape index (κ3) is 3.74. The molecule has 2 aromatic rings. The Hall–Kier alpha value is -3.00. The van der Waals surface area contributed by atoms with Gasteiger partial charge in [0, 0.05) is 5.56 Å². The van der Waals surface area contributed by atoms with Gasteiger partial charge in [0.05, 0.1) is 12.5 Å².